The summed E-state index contributed by atoms with van der Waals surface area (Å²) in [5, 5.41) is 11.7. The maximum Gasteiger partial charge on any atom is 0.301 e. The molecule has 0 aliphatic carbocycles. The van der Waals surface area contributed by atoms with Crippen molar-refractivity contribution < 1.29 is 33.3 Å². The number of anilines is 1. The Morgan fingerprint density at radius 3 is 2.47 bits per heavy atom. The number of nitrogens with zero attached hydrogens (tertiary/aromatic N) is 2. The lowest BCUT2D eigenvalue weighted by molar-refractivity contribution is -0.132. The van der Waals surface area contributed by atoms with Crippen LogP contribution in [0.1, 0.15) is 56.7 Å². The fraction of sp³-hybridized carbons (Fsp3) is 0.303. The lowest BCUT2D eigenvalue weighted by Crippen LogP contribution is -2.29. The number of hydrogen-bond donors (Lipinski definition) is 1. The van der Waals surface area contributed by atoms with Gasteiger partial charge in [0.15, 0.2) is 16.6 Å². The topological polar surface area (TPSA) is 98.2 Å². The van der Waals surface area contributed by atoms with Crippen LogP contribution < -0.4 is 19.1 Å². The van der Waals surface area contributed by atoms with Crippen LogP contribution in [0, 0.1) is 5.82 Å². The van der Waals surface area contributed by atoms with Gasteiger partial charge in [-0.05, 0) is 73.0 Å². The van der Waals surface area contributed by atoms with Crippen molar-refractivity contribution in [2.45, 2.75) is 45.6 Å². The highest BCUT2D eigenvalue weighted by Crippen LogP contribution is 2.46. The number of halogens is 1. The molecule has 1 aliphatic heterocycles. The molecule has 1 amide bonds. The first kappa shape index (κ1) is 30.0. The Balaban J connectivity index is 1.62. The number of carbonyl (C=O) groups is 2. The van der Waals surface area contributed by atoms with Gasteiger partial charge in [-0.3, -0.25) is 14.5 Å². The van der Waals surface area contributed by atoms with Crippen LogP contribution in [0.15, 0.2) is 66.2 Å². The van der Waals surface area contributed by atoms with Crippen LogP contribution in [0.25, 0.3) is 16.0 Å². The Labute approximate surface area is 253 Å². The number of thiazole rings is 1. The number of aliphatic hydroxyl groups is 1. The second-order valence-electron chi connectivity index (χ2n) is 10.1. The van der Waals surface area contributed by atoms with Crippen LogP contribution in [-0.2, 0) is 9.59 Å². The van der Waals surface area contributed by atoms with E-state index in [1.54, 1.807) is 42.5 Å². The number of fused-ring (bicyclic) bond motifs is 1. The van der Waals surface area contributed by atoms with Gasteiger partial charge in [0.25, 0.3) is 5.78 Å². The van der Waals surface area contributed by atoms with Gasteiger partial charge >= 0.3 is 5.91 Å². The highest BCUT2D eigenvalue weighted by atomic mass is 32.1. The Morgan fingerprint density at radius 1 is 0.953 bits per heavy atom. The van der Waals surface area contributed by atoms with Crippen molar-refractivity contribution in [2.75, 3.05) is 25.2 Å². The number of methoxy groups -OCH3 is 1. The summed E-state index contributed by atoms with van der Waals surface area (Å²) in [5.74, 6) is -0.922. The minimum Gasteiger partial charge on any atom is -0.507 e. The molecule has 0 radical (unpaired) electrons. The van der Waals surface area contributed by atoms with E-state index in [-0.39, 0.29) is 16.5 Å². The molecule has 43 heavy (non-hydrogen) atoms. The van der Waals surface area contributed by atoms with E-state index in [0.717, 1.165) is 37.0 Å². The van der Waals surface area contributed by atoms with E-state index in [2.05, 4.69) is 11.9 Å². The third kappa shape index (κ3) is 6.19. The molecule has 8 nitrogen and oxygen atoms in total. The van der Waals surface area contributed by atoms with Gasteiger partial charge in [-0.15, -0.1) is 0 Å². The first-order valence-electron chi connectivity index (χ1n) is 14.3. The van der Waals surface area contributed by atoms with Crippen molar-refractivity contribution in [3.8, 4) is 17.2 Å². The average molecular weight is 605 g/mol. The quantitative estimate of drug-likeness (QED) is 0.0777. The Kier molecular flexibility index (Phi) is 9.25. The van der Waals surface area contributed by atoms with E-state index in [1.807, 2.05) is 6.92 Å². The summed E-state index contributed by atoms with van der Waals surface area (Å²) >= 11 is 1.09. The highest BCUT2D eigenvalue weighted by molar-refractivity contribution is 7.22. The number of hydrogen-bond acceptors (Lipinski definition) is 8. The lowest BCUT2D eigenvalue weighted by atomic mass is 9.95. The van der Waals surface area contributed by atoms with Gasteiger partial charge in [-0.1, -0.05) is 44.1 Å². The summed E-state index contributed by atoms with van der Waals surface area (Å²) in [6.07, 6.45) is 3.83. The van der Waals surface area contributed by atoms with Crippen LogP contribution in [-0.4, -0.2) is 42.1 Å². The normalized spacial score (nSPS) is 16.2. The van der Waals surface area contributed by atoms with Crippen LogP contribution in [0.2, 0.25) is 0 Å². The predicted octanol–water partition coefficient (Wildman–Crippen LogP) is 7.43. The summed E-state index contributed by atoms with van der Waals surface area (Å²) in [7, 11) is 1.51. The van der Waals surface area contributed by atoms with Crippen LogP contribution >= 0.6 is 11.3 Å². The maximum absolute atomic E-state index is 14.0. The molecule has 0 saturated carbocycles. The number of aromatic nitrogens is 1. The standard InChI is InChI=1S/C33H33FN2O6S/c1-4-6-7-17-42-25-15-10-21(18-26(25)40-3)29-28(30(37)20-8-12-23(13-9-20)41-16-5-2)31(38)32(39)36(29)33-35-24-14-11-22(34)19-27(24)43-33/h8-15,18-19,29,37H,4-7,16-17H2,1-3H3/b30-28+. The van der Waals surface area contributed by atoms with E-state index >= 15 is 0 Å². The van der Waals surface area contributed by atoms with E-state index in [9.17, 15) is 19.1 Å². The first-order valence-corrected chi connectivity index (χ1v) is 15.1. The van der Waals surface area contributed by atoms with Crippen LogP contribution in [0.5, 0.6) is 17.2 Å². The van der Waals surface area contributed by atoms with E-state index in [1.165, 1.54) is 30.2 Å². The molecule has 10 heteroatoms. The van der Waals surface area contributed by atoms with Crippen molar-refractivity contribution in [2.24, 2.45) is 0 Å². The summed E-state index contributed by atoms with van der Waals surface area (Å²) < 4.78 is 31.7. The van der Waals surface area contributed by atoms with E-state index in [4.69, 9.17) is 14.2 Å². The smallest absolute Gasteiger partial charge is 0.301 e. The van der Waals surface area contributed by atoms with Crippen molar-refractivity contribution in [1.82, 2.24) is 4.98 Å². The molecule has 1 atom stereocenters. The summed E-state index contributed by atoms with van der Waals surface area (Å²) in [6, 6.07) is 14.9. The molecule has 2 heterocycles. The lowest BCUT2D eigenvalue weighted by Gasteiger charge is -2.24. The van der Waals surface area contributed by atoms with Crippen LogP contribution in [0.3, 0.4) is 0 Å². The molecule has 0 spiro atoms. The number of unbranched alkanes of at least 4 members (excludes halogenated alkanes) is 2. The SMILES string of the molecule is CCCCCOc1ccc(C2/C(=C(\O)c3ccc(OCCC)cc3)C(=O)C(=O)N2c2nc3ccc(F)cc3s2)cc1OC. The molecule has 3 aromatic carbocycles. The number of rotatable bonds is 12. The molecule has 1 saturated heterocycles. The number of benzene rings is 3. The zero-order valence-electron chi connectivity index (χ0n) is 24.3. The Hall–Kier alpha value is -4.44. The highest BCUT2D eigenvalue weighted by Gasteiger charge is 2.48. The maximum atomic E-state index is 14.0. The van der Waals surface area contributed by atoms with Gasteiger partial charge in [0.1, 0.15) is 17.3 Å². The molecule has 224 valence electrons. The molecule has 1 aromatic heterocycles. The fourth-order valence-electron chi connectivity index (χ4n) is 4.93. The first-order chi connectivity index (χ1) is 20.9. The molecule has 1 N–H and O–H groups in total. The van der Waals surface area contributed by atoms with Crippen molar-refractivity contribution in [3.05, 3.63) is 83.2 Å². The van der Waals surface area contributed by atoms with Gasteiger partial charge in [0.2, 0.25) is 0 Å². The third-order valence-corrected chi connectivity index (χ3v) is 8.12. The summed E-state index contributed by atoms with van der Waals surface area (Å²) in [6.45, 7) is 5.18. The number of amides is 1. The third-order valence-electron chi connectivity index (χ3n) is 7.10. The number of Topliss-reactive ketones (excluding diaryl/α,β-unsaturated/α-hetero) is 1. The van der Waals surface area contributed by atoms with Gasteiger partial charge in [0, 0.05) is 5.56 Å². The molecular formula is C33H33FN2O6S. The molecule has 1 aliphatic rings. The molecule has 1 unspecified atom stereocenters. The minimum atomic E-state index is -1.04. The molecule has 0 bridgehead atoms. The second-order valence-corrected chi connectivity index (χ2v) is 11.1. The van der Waals surface area contributed by atoms with E-state index in [0.29, 0.717) is 51.8 Å². The monoisotopic (exact) mass is 604 g/mol. The fourth-order valence-corrected chi connectivity index (χ4v) is 5.94. The minimum absolute atomic E-state index is 0.101. The Morgan fingerprint density at radius 2 is 1.74 bits per heavy atom. The van der Waals surface area contributed by atoms with Crippen molar-refractivity contribution >= 4 is 44.1 Å². The molecule has 1 fully saturated rings. The zero-order valence-corrected chi connectivity index (χ0v) is 25.1. The number of aliphatic hydroxyl groups excluding tert-OH is 1. The van der Waals surface area contributed by atoms with E-state index < -0.39 is 23.5 Å². The summed E-state index contributed by atoms with van der Waals surface area (Å²) in [4.78, 5) is 33.0. The largest absolute Gasteiger partial charge is 0.507 e. The van der Waals surface area contributed by atoms with Crippen molar-refractivity contribution in [3.63, 3.8) is 0 Å². The van der Waals surface area contributed by atoms with Gasteiger partial charge in [-0.2, -0.15) is 0 Å². The molecular weight excluding hydrogens is 571 g/mol. The Bertz CT molecular complexity index is 1670. The number of ether oxygens (including phenoxy) is 3. The molecule has 4 aromatic rings. The van der Waals surface area contributed by atoms with Crippen molar-refractivity contribution in [1.29, 1.82) is 0 Å². The van der Waals surface area contributed by atoms with Crippen LogP contribution in [0.4, 0.5) is 9.52 Å². The number of carbonyl (C=O) groups excluding carboxylic acids is 2. The summed E-state index contributed by atoms with van der Waals surface area (Å²) in [5.41, 5.74) is 1.24. The molecule has 5 rings (SSSR count). The second kappa shape index (κ2) is 13.2. The predicted molar refractivity (Wildman–Crippen MR) is 165 cm³/mol. The van der Waals surface area contributed by atoms with Gasteiger partial charge < -0.3 is 19.3 Å². The zero-order chi connectivity index (χ0) is 30.5. The van der Waals surface area contributed by atoms with Gasteiger partial charge in [0.05, 0.1) is 42.2 Å². The average Bonchev–Trinajstić information content (AvgIpc) is 3.55. The number of ketones is 1. The van der Waals surface area contributed by atoms with Gasteiger partial charge in [-0.25, -0.2) is 9.37 Å².